The number of ketones is 2. The molecular weight excluding hydrogens is 450 g/mol. The van der Waals surface area contributed by atoms with Crippen molar-refractivity contribution in [1.82, 2.24) is 20.6 Å². The van der Waals surface area contributed by atoms with E-state index in [-0.39, 0.29) is 64.6 Å². The molecule has 10 nitrogen and oxygen atoms in total. The number of Topliss-reactive ketones (excluding diaryl/α,β-unsaturated/α-hetero) is 1. The van der Waals surface area contributed by atoms with E-state index in [2.05, 4.69) is 20.6 Å². The molecule has 1 fully saturated rings. The van der Waals surface area contributed by atoms with Crippen molar-refractivity contribution in [3.8, 4) is 11.5 Å². The Morgan fingerprint density at radius 3 is 2.57 bits per heavy atom. The number of nitrogens with one attached hydrogen (secondary N) is 2. The highest BCUT2D eigenvalue weighted by atomic mass is 16.5. The number of benzene rings is 2. The fourth-order valence-corrected chi connectivity index (χ4v) is 4.05. The Morgan fingerprint density at radius 1 is 1.11 bits per heavy atom. The van der Waals surface area contributed by atoms with Crippen LogP contribution in [0.15, 0.2) is 54.7 Å². The van der Waals surface area contributed by atoms with E-state index in [1.165, 1.54) is 25.4 Å². The van der Waals surface area contributed by atoms with Crippen LogP contribution in [0, 0.1) is 5.92 Å². The standard InChI is InChI=1S/C25H25N5O5/c1-35-21-4-2-3-17(23(21)33)22(32)15-7-5-14(6-8-15)20(31)11-16-12-27-13-19(16)29-24(34)18-9-10-28-25(26)30-18/h2-10,16,19,27,33H,11-13H2,1H3,(H,29,34)(H2,26,28,30)/t16-,19-/m1/s1. The number of nitrogens with two attached hydrogens (primary N) is 1. The molecule has 2 atom stereocenters. The quantitative estimate of drug-likeness (QED) is 0.355. The second kappa shape index (κ2) is 10.3. The number of carbonyl (C=O) groups excluding carboxylic acids is 3. The maximum Gasteiger partial charge on any atom is 0.270 e. The van der Waals surface area contributed by atoms with Crippen molar-refractivity contribution < 1.29 is 24.2 Å². The molecule has 1 aliphatic rings. The van der Waals surface area contributed by atoms with Crippen molar-refractivity contribution in [2.24, 2.45) is 5.92 Å². The predicted molar refractivity (Wildman–Crippen MR) is 128 cm³/mol. The van der Waals surface area contributed by atoms with Gasteiger partial charge in [-0.1, -0.05) is 30.3 Å². The van der Waals surface area contributed by atoms with Crippen molar-refractivity contribution in [2.75, 3.05) is 25.9 Å². The normalized spacial score (nSPS) is 17.1. The molecule has 1 aliphatic heterocycles. The van der Waals surface area contributed by atoms with E-state index in [0.717, 1.165) is 0 Å². The van der Waals surface area contributed by atoms with Crippen molar-refractivity contribution in [3.63, 3.8) is 0 Å². The summed E-state index contributed by atoms with van der Waals surface area (Å²) >= 11 is 0. The molecule has 2 heterocycles. The molecule has 5 N–H and O–H groups in total. The van der Waals surface area contributed by atoms with Gasteiger partial charge in [-0.15, -0.1) is 0 Å². The van der Waals surface area contributed by atoms with Gasteiger partial charge in [0.1, 0.15) is 5.69 Å². The number of phenols is 1. The Labute approximate surface area is 201 Å². The molecule has 0 saturated carbocycles. The molecule has 3 aromatic rings. The highest BCUT2D eigenvalue weighted by Crippen LogP contribution is 2.31. The maximum absolute atomic E-state index is 12.9. The van der Waals surface area contributed by atoms with Crippen molar-refractivity contribution in [2.45, 2.75) is 12.5 Å². The summed E-state index contributed by atoms with van der Waals surface area (Å²) in [5, 5.41) is 16.4. The summed E-state index contributed by atoms with van der Waals surface area (Å²) in [6.07, 6.45) is 1.63. The molecule has 0 spiro atoms. The average Bonchev–Trinajstić information content (AvgIpc) is 3.30. The molecule has 4 rings (SSSR count). The molecule has 35 heavy (non-hydrogen) atoms. The predicted octanol–water partition coefficient (Wildman–Crippen LogP) is 1.59. The number of aromatic hydroxyl groups is 1. The minimum Gasteiger partial charge on any atom is -0.504 e. The molecule has 2 aromatic carbocycles. The number of nitrogen functional groups attached to an aromatic ring is 1. The van der Waals surface area contributed by atoms with Crippen molar-refractivity contribution >= 4 is 23.4 Å². The summed E-state index contributed by atoms with van der Waals surface area (Å²) < 4.78 is 5.06. The molecule has 1 amide bonds. The van der Waals surface area contributed by atoms with Crippen LogP contribution in [0.4, 0.5) is 5.95 Å². The first-order chi connectivity index (χ1) is 16.9. The molecule has 0 unspecified atom stereocenters. The topological polar surface area (TPSA) is 157 Å². The second-order valence-electron chi connectivity index (χ2n) is 8.19. The number of hydrogen-bond acceptors (Lipinski definition) is 9. The van der Waals surface area contributed by atoms with Gasteiger partial charge in [0.05, 0.1) is 12.7 Å². The van der Waals surface area contributed by atoms with Gasteiger partial charge in [-0.05, 0) is 18.2 Å². The summed E-state index contributed by atoms with van der Waals surface area (Å²) in [4.78, 5) is 45.9. The van der Waals surface area contributed by atoms with Gasteiger partial charge in [-0.2, -0.15) is 0 Å². The van der Waals surface area contributed by atoms with E-state index in [1.54, 1.807) is 36.4 Å². The van der Waals surface area contributed by atoms with Crippen LogP contribution in [0.25, 0.3) is 0 Å². The zero-order chi connectivity index (χ0) is 24.9. The van der Waals surface area contributed by atoms with E-state index in [1.807, 2.05) is 0 Å². The van der Waals surface area contributed by atoms with Crippen LogP contribution in [0.5, 0.6) is 11.5 Å². The SMILES string of the molecule is COc1cccc(C(=O)c2ccc(C(=O)C[C@@H]3CNC[C@H]3NC(=O)c3ccnc(N)n3)cc2)c1O. The zero-order valence-corrected chi connectivity index (χ0v) is 19.0. The number of carbonyl (C=O) groups is 3. The Balaban J connectivity index is 1.41. The number of methoxy groups -OCH3 is 1. The summed E-state index contributed by atoms with van der Waals surface area (Å²) in [7, 11) is 1.41. The number of nitrogens with zero attached hydrogens (tertiary/aromatic N) is 2. The molecule has 1 aromatic heterocycles. The number of anilines is 1. The Hall–Kier alpha value is -4.31. The monoisotopic (exact) mass is 475 g/mol. The van der Waals surface area contributed by atoms with Gasteiger partial charge in [-0.25, -0.2) is 9.97 Å². The molecule has 180 valence electrons. The van der Waals surface area contributed by atoms with Gasteiger partial charge in [0.15, 0.2) is 23.1 Å². The molecule has 1 saturated heterocycles. The maximum atomic E-state index is 12.9. The van der Waals surface area contributed by atoms with Crippen LogP contribution in [-0.2, 0) is 0 Å². The first-order valence-electron chi connectivity index (χ1n) is 11.0. The number of ether oxygens (including phenoxy) is 1. The Bertz CT molecular complexity index is 1260. The van der Waals surface area contributed by atoms with Gasteiger partial charge < -0.3 is 26.2 Å². The third-order valence-electron chi connectivity index (χ3n) is 5.94. The van der Waals surface area contributed by atoms with E-state index >= 15 is 0 Å². The lowest BCUT2D eigenvalue weighted by Crippen LogP contribution is -2.41. The highest BCUT2D eigenvalue weighted by Gasteiger charge is 2.31. The van der Waals surface area contributed by atoms with Crippen LogP contribution in [-0.4, -0.2) is 58.8 Å². The Morgan fingerprint density at radius 2 is 1.86 bits per heavy atom. The third kappa shape index (κ3) is 5.28. The minimum atomic E-state index is -0.381. The summed E-state index contributed by atoms with van der Waals surface area (Å²) in [6, 6.07) is 12.2. The number of phenolic OH excluding ortho intramolecular Hbond substituents is 1. The van der Waals surface area contributed by atoms with Crippen molar-refractivity contribution in [1.29, 1.82) is 0 Å². The molecular formula is C25H25N5O5. The number of para-hydroxylation sites is 1. The van der Waals surface area contributed by atoms with Gasteiger partial charge >= 0.3 is 0 Å². The van der Waals surface area contributed by atoms with Crippen LogP contribution in [0.1, 0.15) is 43.2 Å². The zero-order valence-electron chi connectivity index (χ0n) is 19.0. The lowest BCUT2D eigenvalue weighted by molar-refractivity contribution is 0.0899. The lowest BCUT2D eigenvalue weighted by Gasteiger charge is -2.19. The van der Waals surface area contributed by atoms with Gasteiger partial charge in [-0.3, -0.25) is 14.4 Å². The molecule has 0 aliphatic carbocycles. The lowest BCUT2D eigenvalue weighted by atomic mass is 9.93. The fraction of sp³-hybridized carbons (Fsp3) is 0.240. The van der Waals surface area contributed by atoms with Gasteiger partial charge in [0.25, 0.3) is 5.91 Å². The smallest absolute Gasteiger partial charge is 0.270 e. The highest BCUT2D eigenvalue weighted by molar-refractivity contribution is 6.11. The Kier molecular flexibility index (Phi) is 7.02. The van der Waals surface area contributed by atoms with Crippen LogP contribution in [0.2, 0.25) is 0 Å². The van der Waals surface area contributed by atoms with E-state index < -0.39 is 0 Å². The first-order valence-corrected chi connectivity index (χ1v) is 11.0. The third-order valence-corrected chi connectivity index (χ3v) is 5.94. The number of aromatic nitrogens is 2. The summed E-state index contributed by atoms with van der Waals surface area (Å²) in [6.45, 7) is 1.11. The summed E-state index contributed by atoms with van der Waals surface area (Å²) in [5.41, 5.74) is 6.62. The molecule has 10 heteroatoms. The second-order valence-corrected chi connectivity index (χ2v) is 8.19. The average molecular weight is 476 g/mol. The molecule has 0 bridgehead atoms. The van der Waals surface area contributed by atoms with Crippen LogP contribution >= 0.6 is 0 Å². The first kappa shape index (κ1) is 23.8. The molecule has 0 radical (unpaired) electrons. The van der Waals surface area contributed by atoms with Crippen molar-refractivity contribution in [3.05, 3.63) is 77.1 Å². The minimum absolute atomic E-state index is 0.0115. The summed E-state index contributed by atoms with van der Waals surface area (Å²) in [5.74, 6) is -0.989. The van der Waals surface area contributed by atoms with Crippen LogP contribution in [0.3, 0.4) is 0 Å². The number of hydrogen-bond donors (Lipinski definition) is 4. The number of rotatable bonds is 8. The van der Waals surface area contributed by atoms with E-state index in [4.69, 9.17) is 10.5 Å². The number of amides is 1. The fourth-order valence-electron chi connectivity index (χ4n) is 4.05. The van der Waals surface area contributed by atoms with E-state index in [9.17, 15) is 19.5 Å². The van der Waals surface area contributed by atoms with Gasteiger partial charge in [0, 0.05) is 48.8 Å². The van der Waals surface area contributed by atoms with Crippen LogP contribution < -0.4 is 21.1 Å². The van der Waals surface area contributed by atoms with Gasteiger partial charge in [0.2, 0.25) is 5.95 Å². The largest absolute Gasteiger partial charge is 0.504 e. The van der Waals surface area contributed by atoms with E-state index in [0.29, 0.717) is 24.2 Å².